The van der Waals surface area contributed by atoms with Crippen molar-refractivity contribution in [2.75, 3.05) is 12.0 Å². The van der Waals surface area contributed by atoms with Gasteiger partial charge < -0.3 is 15.7 Å². The molecule has 0 spiro atoms. The van der Waals surface area contributed by atoms with Crippen molar-refractivity contribution in [1.29, 1.82) is 0 Å². The van der Waals surface area contributed by atoms with E-state index in [1.165, 1.54) is 0 Å². The predicted octanol–water partition coefficient (Wildman–Crippen LogP) is 2.71. The van der Waals surface area contributed by atoms with Gasteiger partial charge in [-0.3, -0.25) is 0 Å². The quantitative estimate of drug-likeness (QED) is 0.580. The number of carboxylic acids is 1. The van der Waals surface area contributed by atoms with E-state index in [-0.39, 0.29) is 6.04 Å². The van der Waals surface area contributed by atoms with Crippen molar-refractivity contribution in [2.24, 2.45) is 5.92 Å². The number of nitrogens with one attached hydrogen (secondary N) is 2. The molecule has 0 aromatic rings. The van der Waals surface area contributed by atoms with Gasteiger partial charge in [0.2, 0.25) is 0 Å². The standard InChI is InChI=1S/C14H28N2O3S/c1-10(2)6-5-7-11(3)15-14(19)16-12(13(17)18)8-9-20-4/h10-12H,5-9H2,1-4H3,(H,17,18)(H2,15,16,19). The van der Waals surface area contributed by atoms with Crippen LogP contribution in [0.4, 0.5) is 4.79 Å². The minimum atomic E-state index is -0.985. The monoisotopic (exact) mass is 304 g/mol. The van der Waals surface area contributed by atoms with Gasteiger partial charge in [-0.1, -0.05) is 26.7 Å². The Morgan fingerprint density at radius 3 is 2.25 bits per heavy atom. The molecule has 0 aromatic carbocycles. The number of aliphatic carboxylic acids is 1. The maximum atomic E-state index is 11.7. The Morgan fingerprint density at radius 1 is 1.10 bits per heavy atom. The lowest BCUT2D eigenvalue weighted by atomic mass is 10.0. The SMILES string of the molecule is CSCCC(NC(=O)NC(C)CCCC(C)C)C(=O)O. The first kappa shape index (κ1) is 19.1. The van der Waals surface area contributed by atoms with Crippen LogP contribution >= 0.6 is 11.8 Å². The zero-order chi connectivity index (χ0) is 15.5. The topological polar surface area (TPSA) is 78.4 Å². The lowest BCUT2D eigenvalue weighted by Crippen LogP contribution is -2.48. The first-order valence-electron chi connectivity index (χ1n) is 7.15. The van der Waals surface area contributed by atoms with Crippen LogP contribution in [0.15, 0.2) is 0 Å². The number of carboxylic acid groups (broad SMARTS) is 1. The molecule has 0 aliphatic heterocycles. The number of carbonyl (C=O) groups is 2. The third kappa shape index (κ3) is 9.95. The number of hydrogen-bond donors (Lipinski definition) is 3. The number of thioether (sulfide) groups is 1. The highest BCUT2D eigenvalue weighted by molar-refractivity contribution is 7.98. The summed E-state index contributed by atoms with van der Waals surface area (Å²) >= 11 is 1.57. The van der Waals surface area contributed by atoms with Crippen molar-refractivity contribution in [3.8, 4) is 0 Å². The van der Waals surface area contributed by atoms with Crippen molar-refractivity contribution in [2.45, 2.75) is 58.5 Å². The van der Waals surface area contributed by atoms with Crippen molar-refractivity contribution >= 4 is 23.8 Å². The van der Waals surface area contributed by atoms with Crippen LogP contribution in [0.5, 0.6) is 0 Å². The molecule has 0 aliphatic carbocycles. The average molecular weight is 304 g/mol. The molecule has 0 fully saturated rings. The highest BCUT2D eigenvalue weighted by Gasteiger charge is 2.19. The molecule has 0 heterocycles. The van der Waals surface area contributed by atoms with Gasteiger partial charge in [0.05, 0.1) is 0 Å². The number of amides is 2. The van der Waals surface area contributed by atoms with E-state index in [2.05, 4.69) is 24.5 Å². The molecule has 20 heavy (non-hydrogen) atoms. The van der Waals surface area contributed by atoms with Crippen LogP contribution in [0.1, 0.15) is 46.5 Å². The van der Waals surface area contributed by atoms with Gasteiger partial charge in [-0.25, -0.2) is 9.59 Å². The maximum Gasteiger partial charge on any atom is 0.326 e. The molecule has 0 bridgehead atoms. The van der Waals surface area contributed by atoms with Crippen LogP contribution in [0, 0.1) is 5.92 Å². The van der Waals surface area contributed by atoms with E-state index in [1.54, 1.807) is 11.8 Å². The predicted molar refractivity (Wildman–Crippen MR) is 84.2 cm³/mol. The molecule has 0 saturated carbocycles. The van der Waals surface area contributed by atoms with E-state index in [4.69, 9.17) is 5.11 Å². The summed E-state index contributed by atoms with van der Waals surface area (Å²) in [6.45, 7) is 6.29. The first-order chi connectivity index (χ1) is 9.36. The van der Waals surface area contributed by atoms with E-state index in [0.29, 0.717) is 18.1 Å². The van der Waals surface area contributed by atoms with Crippen LogP contribution in [-0.4, -0.2) is 41.2 Å². The van der Waals surface area contributed by atoms with Crippen molar-refractivity contribution < 1.29 is 14.7 Å². The minimum Gasteiger partial charge on any atom is -0.480 e. The molecular formula is C14H28N2O3S. The van der Waals surface area contributed by atoms with Gasteiger partial charge in [0, 0.05) is 6.04 Å². The molecule has 0 rings (SSSR count). The molecule has 2 amide bonds. The molecule has 0 aliphatic rings. The molecule has 2 unspecified atom stereocenters. The molecule has 5 nitrogen and oxygen atoms in total. The second-order valence-corrected chi connectivity index (χ2v) is 6.50. The summed E-state index contributed by atoms with van der Waals surface area (Å²) in [6.07, 6.45) is 5.46. The van der Waals surface area contributed by atoms with E-state index in [0.717, 1.165) is 19.3 Å². The van der Waals surface area contributed by atoms with Gasteiger partial charge >= 0.3 is 12.0 Å². The highest BCUT2D eigenvalue weighted by atomic mass is 32.2. The molecular weight excluding hydrogens is 276 g/mol. The number of urea groups is 1. The highest BCUT2D eigenvalue weighted by Crippen LogP contribution is 2.08. The Hall–Kier alpha value is -0.910. The number of carbonyl (C=O) groups excluding carboxylic acids is 1. The Morgan fingerprint density at radius 2 is 1.75 bits per heavy atom. The fourth-order valence-corrected chi connectivity index (χ4v) is 2.29. The maximum absolute atomic E-state index is 11.7. The van der Waals surface area contributed by atoms with Gasteiger partial charge in [0.1, 0.15) is 6.04 Å². The van der Waals surface area contributed by atoms with Crippen molar-refractivity contribution in [1.82, 2.24) is 10.6 Å². The van der Waals surface area contributed by atoms with Crippen LogP contribution in [0.2, 0.25) is 0 Å². The summed E-state index contributed by atoms with van der Waals surface area (Å²) in [6, 6.07) is -1.15. The van der Waals surface area contributed by atoms with E-state index >= 15 is 0 Å². The largest absolute Gasteiger partial charge is 0.480 e. The number of rotatable bonds is 10. The Bertz CT molecular complexity index is 298. The summed E-state index contributed by atoms with van der Waals surface area (Å²) < 4.78 is 0. The lowest BCUT2D eigenvalue weighted by molar-refractivity contribution is -0.139. The van der Waals surface area contributed by atoms with E-state index in [9.17, 15) is 9.59 Å². The molecule has 6 heteroatoms. The summed E-state index contributed by atoms with van der Waals surface area (Å²) in [5, 5.41) is 14.3. The van der Waals surface area contributed by atoms with Gasteiger partial charge in [0.25, 0.3) is 0 Å². The minimum absolute atomic E-state index is 0.0590. The zero-order valence-electron chi connectivity index (χ0n) is 12.9. The van der Waals surface area contributed by atoms with Crippen LogP contribution in [0.25, 0.3) is 0 Å². The molecule has 0 saturated heterocycles. The van der Waals surface area contributed by atoms with Gasteiger partial charge in [0.15, 0.2) is 0 Å². The Balaban J connectivity index is 4.01. The molecule has 3 N–H and O–H groups in total. The van der Waals surface area contributed by atoms with Crippen molar-refractivity contribution in [3.05, 3.63) is 0 Å². The third-order valence-electron chi connectivity index (χ3n) is 3.01. The zero-order valence-corrected chi connectivity index (χ0v) is 13.8. The van der Waals surface area contributed by atoms with Gasteiger partial charge in [-0.2, -0.15) is 11.8 Å². The second kappa shape index (κ2) is 10.8. The summed E-state index contributed by atoms with van der Waals surface area (Å²) in [5.41, 5.74) is 0. The van der Waals surface area contributed by atoms with Crippen molar-refractivity contribution in [3.63, 3.8) is 0 Å². The van der Waals surface area contributed by atoms with E-state index < -0.39 is 18.0 Å². The second-order valence-electron chi connectivity index (χ2n) is 5.52. The van der Waals surface area contributed by atoms with E-state index in [1.807, 2.05) is 13.2 Å². The van der Waals surface area contributed by atoms with Crippen LogP contribution < -0.4 is 10.6 Å². The summed E-state index contributed by atoms with van der Waals surface area (Å²) in [4.78, 5) is 22.8. The molecule has 2 atom stereocenters. The van der Waals surface area contributed by atoms with Crippen LogP contribution in [0.3, 0.4) is 0 Å². The Kier molecular flexibility index (Phi) is 10.3. The third-order valence-corrected chi connectivity index (χ3v) is 3.65. The fraction of sp³-hybridized carbons (Fsp3) is 0.857. The van der Waals surface area contributed by atoms with Gasteiger partial charge in [-0.15, -0.1) is 0 Å². The Labute approximate surface area is 126 Å². The summed E-state index contributed by atoms with van der Waals surface area (Å²) in [5.74, 6) is 0.391. The van der Waals surface area contributed by atoms with Gasteiger partial charge in [-0.05, 0) is 37.7 Å². The smallest absolute Gasteiger partial charge is 0.326 e. The lowest BCUT2D eigenvalue weighted by Gasteiger charge is -2.18. The molecule has 118 valence electrons. The average Bonchev–Trinajstić information content (AvgIpc) is 2.33. The summed E-state index contributed by atoms with van der Waals surface area (Å²) in [7, 11) is 0. The first-order valence-corrected chi connectivity index (χ1v) is 8.55. The number of hydrogen-bond acceptors (Lipinski definition) is 3. The normalized spacial score (nSPS) is 13.8. The molecule has 0 radical (unpaired) electrons. The van der Waals surface area contributed by atoms with Crippen LogP contribution in [-0.2, 0) is 4.79 Å². The fourth-order valence-electron chi connectivity index (χ4n) is 1.82. The molecule has 0 aromatic heterocycles.